The van der Waals surface area contributed by atoms with Crippen molar-refractivity contribution in [3.63, 3.8) is 0 Å². The summed E-state index contributed by atoms with van der Waals surface area (Å²) in [4.78, 5) is 0. The summed E-state index contributed by atoms with van der Waals surface area (Å²) in [7, 11) is 0. The van der Waals surface area contributed by atoms with Gasteiger partial charge in [-0.05, 0) is 30.4 Å². The highest BCUT2D eigenvalue weighted by Gasteiger charge is 2.73. The summed E-state index contributed by atoms with van der Waals surface area (Å²) in [6.45, 7) is 4.26. The smallest absolute Gasteiger partial charge is 0.385 e. The third-order valence-corrected chi connectivity index (χ3v) is 4.17. The van der Waals surface area contributed by atoms with Crippen LogP contribution in [-0.2, 0) is 5.60 Å². The molecule has 138 valence electrons. The fourth-order valence-electron chi connectivity index (χ4n) is 2.57. The number of aliphatic hydroxyl groups is 1. The van der Waals surface area contributed by atoms with E-state index in [0.29, 0.717) is 12.0 Å². The van der Waals surface area contributed by atoms with E-state index in [4.69, 9.17) is 0 Å². The summed E-state index contributed by atoms with van der Waals surface area (Å²) in [5.41, 5.74) is -7.92. The minimum absolute atomic E-state index is 0.144. The Morgan fingerprint density at radius 1 is 0.958 bits per heavy atom. The lowest BCUT2D eigenvalue weighted by Gasteiger charge is -2.37. The van der Waals surface area contributed by atoms with Gasteiger partial charge in [0.2, 0.25) is 0 Å². The van der Waals surface area contributed by atoms with Crippen LogP contribution in [0.25, 0.3) is 0 Å². The summed E-state index contributed by atoms with van der Waals surface area (Å²) in [6, 6.07) is 5.64. The molecule has 0 aliphatic heterocycles. The largest absolute Gasteiger partial charge is 0.431 e. The standard InChI is InChI=1S/C16H19F7O/c1-4-10(2)11-7-5-6-8-12(11)13(3,24)9-14(17,15(18,19)20)16(21,22)23/h5-8,10,24H,4,9H2,1-3H3. The highest BCUT2D eigenvalue weighted by molar-refractivity contribution is 5.35. The van der Waals surface area contributed by atoms with Crippen molar-refractivity contribution in [1.29, 1.82) is 0 Å². The zero-order valence-electron chi connectivity index (χ0n) is 13.4. The van der Waals surface area contributed by atoms with Gasteiger partial charge >= 0.3 is 18.0 Å². The van der Waals surface area contributed by atoms with Gasteiger partial charge in [0.15, 0.2) is 0 Å². The van der Waals surface area contributed by atoms with E-state index in [2.05, 4.69) is 0 Å². The molecule has 0 amide bonds. The first-order valence-corrected chi connectivity index (χ1v) is 7.31. The van der Waals surface area contributed by atoms with Gasteiger partial charge in [-0.25, -0.2) is 4.39 Å². The van der Waals surface area contributed by atoms with Crippen LogP contribution in [0.2, 0.25) is 0 Å². The highest BCUT2D eigenvalue weighted by atomic mass is 19.4. The minimum atomic E-state index is -6.19. The molecule has 1 rings (SSSR count). The van der Waals surface area contributed by atoms with Gasteiger partial charge in [-0.2, -0.15) is 26.3 Å². The van der Waals surface area contributed by atoms with Crippen LogP contribution in [-0.4, -0.2) is 23.1 Å². The lowest BCUT2D eigenvalue weighted by molar-refractivity contribution is -0.352. The monoisotopic (exact) mass is 360 g/mol. The van der Waals surface area contributed by atoms with Gasteiger partial charge in [-0.1, -0.05) is 38.1 Å². The molecule has 0 aliphatic rings. The number of hydrogen-bond donors (Lipinski definition) is 1. The molecule has 0 bridgehead atoms. The minimum Gasteiger partial charge on any atom is -0.385 e. The van der Waals surface area contributed by atoms with Crippen molar-refractivity contribution < 1.29 is 35.8 Å². The highest BCUT2D eigenvalue weighted by Crippen LogP contribution is 2.52. The zero-order chi connectivity index (χ0) is 19.0. The van der Waals surface area contributed by atoms with Crippen LogP contribution in [0.3, 0.4) is 0 Å². The zero-order valence-corrected chi connectivity index (χ0v) is 13.4. The molecule has 1 nitrogen and oxygen atoms in total. The Balaban J connectivity index is 3.40. The van der Waals surface area contributed by atoms with E-state index in [1.807, 2.05) is 0 Å². The van der Waals surface area contributed by atoms with E-state index in [1.165, 1.54) is 18.2 Å². The molecule has 2 unspecified atom stereocenters. The molecular formula is C16H19F7O. The Labute approximate surface area is 135 Å². The second kappa shape index (κ2) is 6.54. The Morgan fingerprint density at radius 2 is 1.42 bits per heavy atom. The van der Waals surface area contributed by atoms with E-state index in [1.54, 1.807) is 19.9 Å². The van der Waals surface area contributed by atoms with Gasteiger partial charge < -0.3 is 5.11 Å². The summed E-state index contributed by atoms with van der Waals surface area (Å²) in [5.74, 6) is -0.224. The van der Waals surface area contributed by atoms with E-state index in [-0.39, 0.29) is 11.5 Å². The predicted molar refractivity (Wildman–Crippen MR) is 75.3 cm³/mol. The van der Waals surface area contributed by atoms with Crippen LogP contribution < -0.4 is 0 Å². The second-order valence-electron chi connectivity index (χ2n) is 6.14. The number of benzene rings is 1. The topological polar surface area (TPSA) is 20.2 Å². The number of alkyl halides is 7. The molecule has 0 saturated carbocycles. The Morgan fingerprint density at radius 3 is 1.83 bits per heavy atom. The van der Waals surface area contributed by atoms with Gasteiger partial charge in [0.05, 0.1) is 5.60 Å². The van der Waals surface area contributed by atoms with Crippen molar-refractivity contribution in [3.8, 4) is 0 Å². The van der Waals surface area contributed by atoms with Gasteiger partial charge in [0.1, 0.15) is 0 Å². The van der Waals surface area contributed by atoms with Crippen LogP contribution in [0.15, 0.2) is 24.3 Å². The van der Waals surface area contributed by atoms with Crippen LogP contribution in [0, 0.1) is 0 Å². The van der Waals surface area contributed by atoms with Crippen LogP contribution in [0.1, 0.15) is 50.7 Å². The summed E-state index contributed by atoms with van der Waals surface area (Å²) in [5, 5.41) is 10.3. The summed E-state index contributed by atoms with van der Waals surface area (Å²) >= 11 is 0. The molecule has 1 N–H and O–H groups in total. The van der Waals surface area contributed by atoms with Crippen molar-refractivity contribution in [1.82, 2.24) is 0 Å². The third kappa shape index (κ3) is 3.84. The molecule has 8 heteroatoms. The maximum Gasteiger partial charge on any atom is 0.431 e. The maximum atomic E-state index is 14.0. The fraction of sp³-hybridized carbons (Fsp3) is 0.625. The first-order chi connectivity index (χ1) is 10.7. The SMILES string of the molecule is CCC(C)c1ccccc1C(C)(O)CC(F)(C(F)(F)F)C(F)(F)F. The molecule has 2 atom stereocenters. The number of halogens is 7. The van der Waals surface area contributed by atoms with Crippen LogP contribution in [0.5, 0.6) is 0 Å². The van der Waals surface area contributed by atoms with Gasteiger partial charge in [0, 0.05) is 6.42 Å². The van der Waals surface area contributed by atoms with E-state index >= 15 is 0 Å². The molecule has 0 aliphatic carbocycles. The van der Waals surface area contributed by atoms with Crippen LogP contribution >= 0.6 is 0 Å². The lowest BCUT2D eigenvalue weighted by atomic mass is 9.79. The average Bonchev–Trinajstić information content (AvgIpc) is 2.43. The predicted octanol–water partition coefficient (Wildman–Crippen LogP) is 5.63. The second-order valence-corrected chi connectivity index (χ2v) is 6.14. The summed E-state index contributed by atoms with van der Waals surface area (Å²) < 4.78 is 90.6. The Bertz CT molecular complexity index is 546. The molecule has 1 aromatic rings. The molecule has 0 saturated heterocycles. The molecular weight excluding hydrogens is 341 g/mol. The van der Waals surface area contributed by atoms with Crippen molar-refractivity contribution in [3.05, 3.63) is 35.4 Å². The van der Waals surface area contributed by atoms with E-state index < -0.39 is 30.0 Å². The Hall–Kier alpha value is -1.31. The molecule has 0 heterocycles. The first kappa shape index (κ1) is 20.7. The van der Waals surface area contributed by atoms with Crippen LogP contribution in [0.4, 0.5) is 30.7 Å². The molecule has 1 aromatic carbocycles. The third-order valence-electron chi connectivity index (χ3n) is 4.17. The van der Waals surface area contributed by atoms with Crippen molar-refractivity contribution in [2.45, 2.75) is 63.2 Å². The van der Waals surface area contributed by atoms with Gasteiger partial charge in [-0.3, -0.25) is 0 Å². The number of hydrogen-bond acceptors (Lipinski definition) is 1. The first-order valence-electron chi connectivity index (χ1n) is 7.31. The van der Waals surface area contributed by atoms with Crippen molar-refractivity contribution in [2.75, 3.05) is 0 Å². The quantitative estimate of drug-likeness (QED) is 0.675. The maximum absolute atomic E-state index is 14.0. The Kier molecular flexibility index (Phi) is 5.65. The molecule has 0 fully saturated rings. The van der Waals surface area contributed by atoms with E-state index in [9.17, 15) is 35.8 Å². The summed E-state index contributed by atoms with van der Waals surface area (Å²) in [6.07, 6.45) is -14.0. The molecule has 0 spiro atoms. The van der Waals surface area contributed by atoms with E-state index in [0.717, 1.165) is 6.92 Å². The molecule has 24 heavy (non-hydrogen) atoms. The molecule has 0 aromatic heterocycles. The van der Waals surface area contributed by atoms with Crippen molar-refractivity contribution in [2.24, 2.45) is 0 Å². The van der Waals surface area contributed by atoms with Gasteiger partial charge in [-0.15, -0.1) is 0 Å². The lowest BCUT2D eigenvalue weighted by Crippen LogP contribution is -2.56. The van der Waals surface area contributed by atoms with Crippen molar-refractivity contribution >= 4 is 0 Å². The normalized spacial score (nSPS) is 17.5. The van der Waals surface area contributed by atoms with Gasteiger partial charge in [0.25, 0.3) is 0 Å². The average molecular weight is 360 g/mol. The fourth-order valence-corrected chi connectivity index (χ4v) is 2.57. The molecule has 0 radical (unpaired) electrons. The number of rotatable bonds is 5.